The third-order valence-electron chi connectivity index (χ3n) is 7.07. The number of thioether (sulfide) groups is 1. The number of rotatable bonds is 10. The summed E-state index contributed by atoms with van der Waals surface area (Å²) in [6.45, 7) is 1.90. The standard InChI is InChI=1S/C31H33F3N2O5S/c1-19(10-11-20-8-6-5-7-9-20)35-28(37)24-18-42-30(21-12-14-23(15-13-21)31(32,33)34)36(24)29(38)22-16-25(39-2)27(41-4)26(17-22)40-3/h5-9,12-17,19,24,30H,10-11,18H2,1-4H3,(H,35,37). The van der Waals surface area contributed by atoms with Gasteiger partial charge in [-0.1, -0.05) is 42.5 Å². The Hall–Kier alpha value is -3.86. The van der Waals surface area contributed by atoms with Crippen LogP contribution in [-0.2, 0) is 17.4 Å². The van der Waals surface area contributed by atoms with Crippen LogP contribution >= 0.6 is 11.8 Å². The molecular weight excluding hydrogens is 569 g/mol. The number of ether oxygens (including phenoxy) is 3. The van der Waals surface area contributed by atoms with Crippen LogP contribution in [0.25, 0.3) is 0 Å². The topological polar surface area (TPSA) is 77.1 Å². The minimum absolute atomic E-state index is 0.175. The van der Waals surface area contributed by atoms with Crippen LogP contribution in [0.2, 0.25) is 0 Å². The number of methoxy groups -OCH3 is 3. The quantitative estimate of drug-likeness (QED) is 0.301. The Balaban J connectivity index is 1.64. The Morgan fingerprint density at radius 2 is 1.60 bits per heavy atom. The van der Waals surface area contributed by atoms with E-state index in [1.165, 1.54) is 62.3 Å². The van der Waals surface area contributed by atoms with Crippen LogP contribution in [0.4, 0.5) is 13.2 Å². The molecule has 2 amide bonds. The summed E-state index contributed by atoms with van der Waals surface area (Å²) in [5.74, 6) is 0.244. The first-order valence-electron chi connectivity index (χ1n) is 13.3. The molecule has 0 spiro atoms. The average molecular weight is 603 g/mol. The molecule has 0 aromatic heterocycles. The van der Waals surface area contributed by atoms with E-state index >= 15 is 0 Å². The summed E-state index contributed by atoms with van der Waals surface area (Å²) in [6.07, 6.45) is -3.03. The molecule has 0 bridgehead atoms. The first-order valence-corrected chi connectivity index (χ1v) is 14.4. The lowest BCUT2D eigenvalue weighted by Gasteiger charge is -2.30. The minimum atomic E-state index is -4.49. The van der Waals surface area contributed by atoms with E-state index in [2.05, 4.69) is 5.32 Å². The molecule has 1 saturated heterocycles. The van der Waals surface area contributed by atoms with Crippen LogP contribution < -0.4 is 19.5 Å². The second kappa shape index (κ2) is 13.4. The molecular formula is C31H33F3N2O5S. The Labute approximate surface area is 247 Å². The first kappa shape index (κ1) is 31.1. The van der Waals surface area contributed by atoms with Gasteiger partial charge in [0.25, 0.3) is 5.91 Å². The summed E-state index contributed by atoms with van der Waals surface area (Å²) >= 11 is 1.32. The van der Waals surface area contributed by atoms with Crippen molar-refractivity contribution >= 4 is 23.6 Å². The van der Waals surface area contributed by atoms with Gasteiger partial charge in [0.05, 0.1) is 26.9 Å². The number of alkyl halides is 3. The molecule has 42 heavy (non-hydrogen) atoms. The lowest BCUT2D eigenvalue weighted by Crippen LogP contribution is -2.50. The summed E-state index contributed by atoms with van der Waals surface area (Å²) in [4.78, 5) is 29.1. The van der Waals surface area contributed by atoms with Gasteiger partial charge in [0.1, 0.15) is 11.4 Å². The highest BCUT2D eigenvalue weighted by molar-refractivity contribution is 7.99. The Morgan fingerprint density at radius 3 is 2.14 bits per heavy atom. The van der Waals surface area contributed by atoms with E-state index in [0.717, 1.165) is 24.1 Å². The largest absolute Gasteiger partial charge is 0.493 e. The van der Waals surface area contributed by atoms with Crippen molar-refractivity contribution in [3.05, 3.63) is 89.0 Å². The maximum Gasteiger partial charge on any atom is 0.416 e. The van der Waals surface area contributed by atoms with Crippen molar-refractivity contribution in [3.63, 3.8) is 0 Å². The number of carbonyl (C=O) groups is 2. The molecule has 3 unspecified atom stereocenters. The molecule has 1 aliphatic rings. The van der Waals surface area contributed by atoms with Gasteiger partial charge in [0, 0.05) is 17.4 Å². The molecule has 1 fully saturated rings. The molecule has 3 aromatic rings. The molecule has 1 aliphatic heterocycles. The number of carbonyl (C=O) groups excluding carboxylic acids is 2. The Bertz CT molecular complexity index is 1360. The van der Waals surface area contributed by atoms with E-state index in [1.54, 1.807) is 0 Å². The van der Waals surface area contributed by atoms with Gasteiger partial charge in [0.2, 0.25) is 11.7 Å². The molecule has 7 nitrogen and oxygen atoms in total. The number of hydrogen-bond acceptors (Lipinski definition) is 6. The van der Waals surface area contributed by atoms with Crippen LogP contribution in [0.15, 0.2) is 66.7 Å². The number of amides is 2. The fourth-order valence-electron chi connectivity index (χ4n) is 4.84. The number of halogens is 3. The van der Waals surface area contributed by atoms with Crippen molar-refractivity contribution < 1.29 is 37.0 Å². The zero-order valence-corrected chi connectivity index (χ0v) is 24.6. The summed E-state index contributed by atoms with van der Waals surface area (Å²) in [5.41, 5.74) is 1.01. The van der Waals surface area contributed by atoms with Crippen LogP contribution in [-0.4, -0.2) is 55.9 Å². The van der Waals surface area contributed by atoms with Gasteiger partial charge >= 0.3 is 6.18 Å². The second-order valence-corrected chi connectivity index (χ2v) is 11.0. The minimum Gasteiger partial charge on any atom is -0.493 e. The number of benzene rings is 3. The number of aryl methyl sites for hydroxylation is 1. The summed E-state index contributed by atoms with van der Waals surface area (Å²) in [5, 5.41) is 2.33. The monoisotopic (exact) mass is 602 g/mol. The highest BCUT2D eigenvalue weighted by Gasteiger charge is 2.43. The number of nitrogens with zero attached hydrogens (tertiary/aromatic N) is 1. The second-order valence-electron chi connectivity index (χ2n) is 9.88. The maximum atomic E-state index is 14.1. The normalized spacial score (nSPS) is 17.5. The summed E-state index contributed by atoms with van der Waals surface area (Å²) in [6, 6.07) is 16.5. The summed E-state index contributed by atoms with van der Waals surface area (Å²) in [7, 11) is 4.30. The van der Waals surface area contributed by atoms with Crippen LogP contribution in [0.3, 0.4) is 0 Å². The lowest BCUT2D eigenvalue weighted by atomic mass is 10.1. The van der Waals surface area contributed by atoms with Crippen molar-refractivity contribution in [1.29, 1.82) is 0 Å². The molecule has 0 aliphatic carbocycles. The van der Waals surface area contributed by atoms with E-state index in [9.17, 15) is 22.8 Å². The van der Waals surface area contributed by atoms with Crippen molar-refractivity contribution in [3.8, 4) is 17.2 Å². The fourth-order valence-corrected chi connectivity index (χ4v) is 6.27. The van der Waals surface area contributed by atoms with E-state index in [-0.39, 0.29) is 34.8 Å². The van der Waals surface area contributed by atoms with Gasteiger partial charge in [-0.05, 0) is 55.2 Å². The first-order chi connectivity index (χ1) is 20.1. The lowest BCUT2D eigenvalue weighted by molar-refractivity contribution is -0.137. The molecule has 3 aromatic carbocycles. The zero-order chi connectivity index (χ0) is 30.4. The van der Waals surface area contributed by atoms with Crippen LogP contribution in [0, 0.1) is 0 Å². The average Bonchev–Trinajstić information content (AvgIpc) is 3.44. The third-order valence-corrected chi connectivity index (χ3v) is 8.39. The summed E-state index contributed by atoms with van der Waals surface area (Å²) < 4.78 is 55.9. The Kier molecular flexibility index (Phi) is 9.93. The van der Waals surface area contributed by atoms with Gasteiger partial charge in [-0.25, -0.2) is 0 Å². The van der Waals surface area contributed by atoms with E-state index in [1.807, 2.05) is 37.3 Å². The van der Waals surface area contributed by atoms with E-state index in [4.69, 9.17) is 14.2 Å². The van der Waals surface area contributed by atoms with Crippen molar-refractivity contribution in [1.82, 2.24) is 10.2 Å². The highest BCUT2D eigenvalue weighted by atomic mass is 32.2. The zero-order valence-electron chi connectivity index (χ0n) is 23.7. The Morgan fingerprint density at radius 1 is 0.976 bits per heavy atom. The number of nitrogens with one attached hydrogen (secondary N) is 1. The molecule has 1 N–H and O–H groups in total. The van der Waals surface area contributed by atoms with Gasteiger partial charge in [-0.15, -0.1) is 11.8 Å². The van der Waals surface area contributed by atoms with Gasteiger partial charge in [0.15, 0.2) is 11.5 Å². The molecule has 0 radical (unpaired) electrons. The molecule has 4 rings (SSSR count). The SMILES string of the molecule is COc1cc(C(=O)N2C(C(=O)NC(C)CCc3ccccc3)CSC2c2ccc(C(F)(F)F)cc2)cc(OC)c1OC. The maximum absolute atomic E-state index is 14.1. The van der Waals surface area contributed by atoms with Crippen molar-refractivity contribution in [2.75, 3.05) is 27.1 Å². The van der Waals surface area contributed by atoms with Crippen LogP contribution in [0.5, 0.6) is 17.2 Å². The predicted molar refractivity (Wildman–Crippen MR) is 155 cm³/mol. The molecule has 0 saturated carbocycles. The van der Waals surface area contributed by atoms with Crippen LogP contribution in [0.1, 0.15) is 45.8 Å². The van der Waals surface area contributed by atoms with E-state index < -0.39 is 29.1 Å². The molecule has 224 valence electrons. The van der Waals surface area contributed by atoms with E-state index in [0.29, 0.717) is 17.7 Å². The smallest absolute Gasteiger partial charge is 0.416 e. The van der Waals surface area contributed by atoms with Gasteiger partial charge in [-0.3, -0.25) is 9.59 Å². The number of hydrogen-bond donors (Lipinski definition) is 1. The predicted octanol–water partition coefficient (Wildman–Crippen LogP) is 6.13. The van der Waals surface area contributed by atoms with Gasteiger partial charge in [-0.2, -0.15) is 13.2 Å². The van der Waals surface area contributed by atoms with Gasteiger partial charge < -0.3 is 24.4 Å². The van der Waals surface area contributed by atoms with Crippen molar-refractivity contribution in [2.45, 2.75) is 43.4 Å². The fraction of sp³-hybridized carbons (Fsp3) is 0.355. The molecule has 1 heterocycles. The molecule has 11 heteroatoms. The van der Waals surface area contributed by atoms with Crippen molar-refractivity contribution in [2.24, 2.45) is 0 Å². The molecule has 3 atom stereocenters. The highest BCUT2D eigenvalue weighted by Crippen LogP contribution is 2.45. The third kappa shape index (κ3) is 6.95.